The van der Waals surface area contributed by atoms with Gasteiger partial charge in [-0.1, -0.05) is 29.0 Å². The summed E-state index contributed by atoms with van der Waals surface area (Å²) in [7, 11) is 0. The van der Waals surface area contributed by atoms with Crippen molar-refractivity contribution in [2.75, 3.05) is 23.4 Å². The Labute approximate surface area is 155 Å². The van der Waals surface area contributed by atoms with E-state index < -0.39 is 6.10 Å². The van der Waals surface area contributed by atoms with E-state index in [1.54, 1.807) is 4.90 Å². The molecule has 2 saturated heterocycles. The van der Waals surface area contributed by atoms with Crippen LogP contribution in [0.3, 0.4) is 0 Å². The van der Waals surface area contributed by atoms with Gasteiger partial charge in [-0.3, -0.25) is 14.9 Å². The van der Waals surface area contributed by atoms with Gasteiger partial charge in [-0.25, -0.2) is 0 Å². The fourth-order valence-electron chi connectivity index (χ4n) is 3.27. The predicted molar refractivity (Wildman–Crippen MR) is 98.4 cm³/mol. The van der Waals surface area contributed by atoms with Gasteiger partial charge < -0.3 is 9.64 Å². The largest absolute Gasteiger partial charge is 0.368 e. The zero-order valence-electron chi connectivity index (χ0n) is 14.5. The lowest BCUT2D eigenvalue weighted by molar-refractivity contribution is -0.124. The number of carbonyl (C=O) groups is 2. The van der Waals surface area contributed by atoms with Crippen molar-refractivity contribution in [2.24, 2.45) is 0 Å². The number of nitrogens with zero attached hydrogens (tertiary/aromatic N) is 3. The quantitative estimate of drug-likeness (QED) is 0.891. The third-order valence-corrected chi connectivity index (χ3v) is 5.71. The molecule has 2 fully saturated rings. The first-order valence-electron chi connectivity index (χ1n) is 8.73. The first-order valence-corrected chi connectivity index (χ1v) is 9.55. The second-order valence-corrected chi connectivity index (χ2v) is 7.69. The van der Waals surface area contributed by atoms with Crippen molar-refractivity contribution in [1.29, 1.82) is 0 Å². The molecule has 8 heteroatoms. The van der Waals surface area contributed by atoms with Gasteiger partial charge >= 0.3 is 0 Å². The summed E-state index contributed by atoms with van der Waals surface area (Å²) in [5.41, 5.74) is 2.06. The number of rotatable bonds is 4. The molecule has 7 nitrogen and oxygen atoms in total. The third-order valence-electron chi connectivity index (χ3n) is 4.71. The average Bonchev–Trinajstić information content (AvgIpc) is 3.36. The van der Waals surface area contributed by atoms with Gasteiger partial charge in [-0.05, 0) is 31.9 Å². The topological polar surface area (TPSA) is 84.4 Å². The Morgan fingerprint density at radius 3 is 2.85 bits per heavy atom. The molecule has 3 heterocycles. The van der Waals surface area contributed by atoms with E-state index in [0.29, 0.717) is 24.7 Å². The molecule has 0 radical (unpaired) electrons. The highest BCUT2D eigenvalue weighted by molar-refractivity contribution is 7.15. The van der Waals surface area contributed by atoms with Gasteiger partial charge in [0.05, 0.1) is 0 Å². The minimum atomic E-state index is -0.396. The molecular weight excluding hydrogens is 352 g/mol. The van der Waals surface area contributed by atoms with E-state index >= 15 is 0 Å². The molecule has 1 N–H and O–H groups in total. The first-order chi connectivity index (χ1) is 12.6. The second kappa shape index (κ2) is 7.13. The van der Waals surface area contributed by atoms with Crippen molar-refractivity contribution in [1.82, 2.24) is 10.2 Å². The molecule has 4 rings (SSSR count). The van der Waals surface area contributed by atoms with Crippen molar-refractivity contribution < 1.29 is 14.3 Å². The van der Waals surface area contributed by atoms with Crippen LogP contribution in [0.15, 0.2) is 24.3 Å². The first kappa shape index (κ1) is 17.1. The Balaban J connectivity index is 1.42. The molecule has 2 unspecified atom stereocenters. The van der Waals surface area contributed by atoms with Gasteiger partial charge in [-0.15, -0.1) is 10.2 Å². The molecule has 2 aliphatic heterocycles. The highest BCUT2D eigenvalue weighted by atomic mass is 32.1. The summed E-state index contributed by atoms with van der Waals surface area (Å²) >= 11 is 1.33. The third kappa shape index (κ3) is 3.47. The van der Waals surface area contributed by atoms with Crippen LogP contribution in [0.2, 0.25) is 0 Å². The van der Waals surface area contributed by atoms with Gasteiger partial charge in [0, 0.05) is 31.2 Å². The number of benzene rings is 1. The summed E-state index contributed by atoms with van der Waals surface area (Å²) < 4.78 is 5.37. The van der Waals surface area contributed by atoms with Crippen LogP contribution >= 0.6 is 11.3 Å². The smallest absolute Gasteiger partial charge is 0.255 e. The molecule has 0 spiro atoms. The van der Waals surface area contributed by atoms with Crippen LogP contribution in [0.4, 0.5) is 10.8 Å². The van der Waals surface area contributed by atoms with E-state index in [1.165, 1.54) is 11.3 Å². The van der Waals surface area contributed by atoms with Crippen LogP contribution in [0.25, 0.3) is 0 Å². The van der Waals surface area contributed by atoms with Gasteiger partial charge in [0.2, 0.25) is 11.0 Å². The Kier molecular flexibility index (Phi) is 4.69. The zero-order chi connectivity index (χ0) is 18.1. The summed E-state index contributed by atoms with van der Waals surface area (Å²) in [5.74, 6) is -0.0948. The summed E-state index contributed by atoms with van der Waals surface area (Å²) in [5, 5.41) is 12.3. The van der Waals surface area contributed by atoms with E-state index in [-0.39, 0.29) is 17.7 Å². The number of ether oxygens (including phenoxy) is 1. The van der Waals surface area contributed by atoms with Gasteiger partial charge in [0.15, 0.2) is 0 Å². The lowest BCUT2D eigenvalue weighted by atomic mass is 10.1. The number of hydrogen-bond donors (Lipinski definition) is 1. The summed E-state index contributed by atoms with van der Waals surface area (Å²) in [4.78, 5) is 26.3. The van der Waals surface area contributed by atoms with Crippen molar-refractivity contribution in [3.63, 3.8) is 0 Å². The lowest BCUT2D eigenvalue weighted by Crippen LogP contribution is -2.26. The van der Waals surface area contributed by atoms with Gasteiger partial charge in [-0.2, -0.15) is 0 Å². The number of nitrogens with one attached hydrogen (secondary N) is 1. The fourth-order valence-corrected chi connectivity index (χ4v) is 4.11. The molecule has 2 aromatic rings. The highest BCUT2D eigenvalue weighted by Gasteiger charge is 2.34. The number of aryl methyl sites for hydroxylation is 1. The molecular formula is C18H20N4O3S. The number of hydrogen-bond acceptors (Lipinski definition) is 6. The number of carbonyl (C=O) groups excluding carboxylic acids is 2. The van der Waals surface area contributed by atoms with E-state index in [1.807, 2.05) is 31.2 Å². The monoisotopic (exact) mass is 372 g/mol. The van der Waals surface area contributed by atoms with Crippen molar-refractivity contribution in [3.05, 3.63) is 34.8 Å². The maximum atomic E-state index is 12.4. The maximum absolute atomic E-state index is 12.4. The van der Waals surface area contributed by atoms with Crippen LogP contribution in [0, 0.1) is 6.92 Å². The maximum Gasteiger partial charge on any atom is 0.255 e. The molecule has 0 aliphatic carbocycles. The van der Waals surface area contributed by atoms with Crippen LogP contribution < -0.4 is 10.2 Å². The van der Waals surface area contributed by atoms with Crippen molar-refractivity contribution >= 4 is 34.0 Å². The summed E-state index contributed by atoms with van der Waals surface area (Å²) in [6.45, 7) is 3.22. The average molecular weight is 372 g/mol. The second-order valence-electron chi connectivity index (χ2n) is 6.68. The Morgan fingerprint density at radius 2 is 2.12 bits per heavy atom. The van der Waals surface area contributed by atoms with Crippen molar-refractivity contribution in [2.45, 2.75) is 38.2 Å². The highest BCUT2D eigenvalue weighted by Crippen LogP contribution is 2.34. The van der Waals surface area contributed by atoms with Gasteiger partial charge in [0.25, 0.3) is 5.91 Å². The minimum Gasteiger partial charge on any atom is -0.368 e. The normalized spacial score (nSPS) is 22.8. The Morgan fingerprint density at radius 1 is 1.31 bits per heavy atom. The molecule has 0 bridgehead atoms. The van der Waals surface area contributed by atoms with E-state index in [0.717, 1.165) is 29.1 Å². The van der Waals surface area contributed by atoms with Crippen molar-refractivity contribution in [3.8, 4) is 0 Å². The van der Waals surface area contributed by atoms with Crippen LogP contribution in [-0.2, 0) is 14.3 Å². The molecule has 0 saturated carbocycles. The molecule has 2 amide bonds. The van der Waals surface area contributed by atoms with Crippen LogP contribution in [-0.4, -0.2) is 41.3 Å². The number of anilines is 2. The SMILES string of the molecule is Cc1ccc(N2CC(c3nnc(NC(=O)C4CCCO4)s3)CC2=O)cc1. The Bertz CT molecular complexity index is 814. The van der Waals surface area contributed by atoms with Crippen LogP contribution in [0.5, 0.6) is 0 Å². The number of amides is 2. The van der Waals surface area contributed by atoms with E-state index in [9.17, 15) is 9.59 Å². The number of aromatic nitrogens is 2. The Hall–Kier alpha value is -2.32. The summed E-state index contributed by atoms with van der Waals surface area (Å²) in [6.07, 6.45) is 1.65. The standard InChI is InChI=1S/C18H20N4O3S/c1-11-4-6-13(7-5-11)22-10-12(9-15(22)23)17-20-21-18(26-17)19-16(24)14-3-2-8-25-14/h4-7,12,14H,2-3,8-10H2,1H3,(H,19,21,24). The van der Waals surface area contributed by atoms with Gasteiger partial charge in [0.1, 0.15) is 11.1 Å². The molecule has 136 valence electrons. The fraction of sp³-hybridized carbons (Fsp3) is 0.444. The minimum absolute atomic E-state index is 0.00492. The predicted octanol–water partition coefficient (Wildman–Crippen LogP) is 2.48. The molecule has 26 heavy (non-hydrogen) atoms. The van der Waals surface area contributed by atoms with Crippen LogP contribution in [0.1, 0.15) is 35.8 Å². The summed E-state index contributed by atoms with van der Waals surface area (Å²) in [6, 6.07) is 7.92. The van der Waals surface area contributed by atoms with E-state index in [2.05, 4.69) is 15.5 Å². The lowest BCUT2D eigenvalue weighted by Gasteiger charge is -2.16. The zero-order valence-corrected chi connectivity index (χ0v) is 15.3. The molecule has 1 aromatic carbocycles. The molecule has 2 aliphatic rings. The van der Waals surface area contributed by atoms with E-state index in [4.69, 9.17) is 4.74 Å². The molecule has 2 atom stereocenters. The molecule has 1 aromatic heterocycles.